The maximum absolute atomic E-state index is 12.3. The summed E-state index contributed by atoms with van der Waals surface area (Å²) in [6, 6.07) is 6.20. The number of carbonyl (C=O) groups is 2. The molecule has 1 aliphatic carbocycles. The number of carboxylic acids is 1. The predicted octanol–water partition coefficient (Wildman–Crippen LogP) is 2.07. The predicted molar refractivity (Wildman–Crippen MR) is 76.4 cm³/mol. The summed E-state index contributed by atoms with van der Waals surface area (Å²) in [5, 5.41) is 12.0. The van der Waals surface area contributed by atoms with E-state index in [0.717, 1.165) is 32.3 Å². The van der Waals surface area contributed by atoms with E-state index >= 15 is 0 Å². The lowest BCUT2D eigenvalue weighted by molar-refractivity contribution is 0.0510. The van der Waals surface area contributed by atoms with Gasteiger partial charge in [0, 0.05) is 24.1 Å². The third-order valence-electron chi connectivity index (χ3n) is 4.49. The molecule has 3 atom stereocenters. The van der Waals surface area contributed by atoms with Crippen molar-refractivity contribution in [3.8, 4) is 0 Å². The topological polar surface area (TPSA) is 75.6 Å². The second-order valence-electron chi connectivity index (χ2n) is 5.76. The second-order valence-corrected chi connectivity index (χ2v) is 5.76. The molecule has 1 aliphatic heterocycles. The minimum atomic E-state index is -0.986. The van der Waals surface area contributed by atoms with Crippen LogP contribution in [-0.2, 0) is 4.74 Å². The van der Waals surface area contributed by atoms with Crippen LogP contribution in [0.1, 0.15) is 46.4 Å². The molecule has 5 nitrogen and oxygen atoms in total. The molecular weight excluding hydrogens is 270 g/mol. The van der Waals surface area contributed by atoms with E-state index in [1.54, 1.807) is 12.1 Å². The molecule has 1 saturated heterocycles. The van der Waals surface area contributed by atoms with Crippen molar-refractivity contribution < 1.29 is 19.4 Å². The molecule has 1 saturated carbocycles. The average Bonchev–Trinajstić information content (AvgIpc) is 2.97. The van der Waals surface area contributed by atoms with E-state index in [9.17, 15) is 9.59 Å². The van der Waals surface area contributed by atoms with Gasteiger partial charge in [0.15, 0.2) is 0 Å². The molecule has 21 heavy (non-hydrogen) atoms. The van der Waals surface area contributed by atoms with Crippen molar-refractivity contribution in [3.63, 3.8) is 0 Å². The van der Waals surface area contributed by atoms with Crippen molar-refractivity contribution in [1.82, 2.24) is 5.32 Å². The van der Waals surface area contributed by atoms with E-state index in [1.807, 2.05) is 0 Å². The number of carbonyl (C=O) groups excluding carboxylic acids is 1. The number of hydrogen-bond acceptors (Lipinski definition) is 3. The van der Waals surface area contributed by atoms with Gasteiger partial charge in [-0.2, -0.15) is 0 Å². The lowest BCUT2D eigenvalue weighted by atomic mass is 9.81. The normalized spacial score (nSPS) is 27.9. The Bertz CT molecular complexity index is 540. The highest BCUT2D eigenvalue weighted by Gasteiger charge is 2.38. The summed E-state index contributed by atoms with van der Waals surface area (Å²) in [6.45, 7) is 0.787. The molecule has 1 heterocycles. The number of nitrogens with one attached hydrogen (secondary N) is 1. The van der Waals surface area contributed by atoms with Gasteiger partial charge in [0.2, 0.25) is 0 Å². The van der Waals surface area contributed by atoms with Crippen LogP contribution in [0.3, 0.4) is 0 Å². The Morgan fingerprint density at radius 3 is 2.52 bits per heavy atom. The van der Waals surface area contributed by atoms with E-state index in [4.69, 9.17) is 9.84 Å². The van der Waals surface area contributed by atoms with Crippen LogP contribution in [0.2, 0.25) is 0 Å². The summed E-state index contributed by atoms with van der Waals surface area (Å²) < 4.78 is 5.70. The zero-order valence-corrected chi connectivity index (χ0v) is 11.7. The van der Waals surface area contributed by atoms with Crippen LogP contribution in [0.4, 0.5) is 0 Å². The van der Waals surface area contributed by atoms with Gasteiger partial charge < -0.3 is 15.2 Å². The van der Waals surface area contributed by atoms with Crippen molar-refractivity contribution in [2.45, 2.75) is 37.8 Å². The molecule has 5 heteroatoms. The number of rotatable bonds is 3. The number of carboxylic acid groups (broad SMARTS) is 1. The maximum Gasteiger partial charge on any atom is 0.335 e. The molecule has 1 aromatic carbocycles. The quantitative estimate of drug-likeness (QED) is 0.893. The zero-order chi connectivity index (χ0) is 14.8. The van der Waals surface area contributed by atoms with Crippen molar-refractivity contribution in [3.05, 3.63) is 35.4 Å². The van der Waals surface area contributed by atoms with Gasteiger partial charge in [0.25, 0.3) is 5.91 Å². The average molecular weight is 289 g/mol. The minimum absolute atomic E-state index is 0.135. The minimum Gasteiger partial charge on any atom is -0.478 e. The van der Waals surface area contributed by atoms with E-state index in [0.29, 0.717) is 17.6 Å². The van der Waals surface area contributed by atoms with Crippen LogP contribution >= 0.6 is 0 Å². The smallest absolute Gasteiger partial charge is 0.335 e. The van der Waals surface area contributed by atoms with Gasteiger partial charge >= 0.3 is 5.97 Å². The van der Waals surface area contributed by atoms with Crippen LogP contribution in [0.15, 0.2) is 24.3 Å². The molecule has 2 aliphatic rings. The Kier molecular flexibility index (Phi) is 3.92. The summed E-state index contributed by atoms with van der Waals surface area (Å²) in [5.41, 5.74) is 0.689. The summed E-state index contributed by atoms with van der Waals surface area (Å²) >= 11 is 0. The Morgan fingerprint density at radius 1 is 1.10 bits per heavy atom. The molecule has 1 aromatic rings. The number of fused-ring (bicyclic) bond motifs is 1. The standard InChI is InChI=1S/C16H19NO4/c18-15(10-4-6-11(7-5-10)16(19)20)17-13-2-1-3-14-12(13)8-9-21-14/h4-7,12-14H,1-3,8-9H2,(H,17,18)(H,19,20)/t12-,13-,14+/m1/s1. The Morgan fingerprint density at radius 2 is 1.81 bits per heavy atom. The molecular formula is C16H19NO4. The van der Waals surface area contributed by atoms with E-state index in [1.165, 1.54) is 12.1 Å². The number of amides is 1. The molecule has 0 bridgehead atoms. The van der Waals surface area contributed by atoms with Gasteiger partial charge in [-0.15, -0.1) is 0 Å². The maximum atomic E-state index is 12.3. The molecule has 0 aromatic heterocycles. The summed E-state index contributed by atoms with van der Waals surface area (Å²) in [5.74, 6) is -0.703. The Labute approximate surface area is 123 Å². The monoisotopic (exact) mass is 289 g/mol. The SMILES string of the molecule is O=C(O)c1ccc(C(=O)N[C@@H]2CCC[C@@H]3OCC[C@@H]32)cc1. The van der Waals surface area contributed by atoms with Crippen LogP contribution in [-0.4, -0.2) is 35.7 Å². The zero-order valence-electron chi connectivity index (χ0n) is 11.7. The molecule has 1 amide bonds. The number of ether oxygens (including phenoxy) is 1. The van der Waals surface area contributed by atoms with Crippen LogP contribution in [0.25, 0.3) is 0 Å². The Hall–Kier alpha value is -1.88. The van der Waals surface area contributed by atoms with E-state index in [2.05, 4.69) is 5.32 Å². The van der Waals surface area contributed by atoms with Crippen molar-refractivity contribution in [2.24, 2.45) is 5.92 Å². The van der Waals surface area contributed by atoms with Gasteiger partial charge in [-0.25, -0.2) is 4.79 Å². The third kappa shape index (κ3) is 2.93. The summed E-state index contributed by atoms with van der Waals surface area (Å²) in [4.78, 5) is 23.1. The Balaban J connectivity index is 1.66. The first-order valence-corrected chi connectivity index (χ1v) is 7.41. The first kappa shape index (κ1) is 14.1. The fourth-order valence-electron chi connectivity index (χ4n) is 3.37. The molecule has 2 fully saturated rings. The van der Waals surface area contributed by atoms with Gasteiger partial charge in [0.1, 0.15) is 0 Å². The van der Waals surface area contributed by atoms with Crippen LogP contribution < -0.4 is 5.32 Å². The highest BCUT2D eigenvalue weighted by molar-refractivity contribution is 5.96. The van der Waals surface area contributed by atoms with E-state index < -0.39 is 5.97 Å². The van der Waals surface area contributed by atoms with Gasteiger partial charge in [-0.05, 0) is 49.9 Å². The fourth-order valence-corrected chi connectivity index (χ4v) is 3.37. The number of benzene rings is 1. The second kappa shape index (κ2) is 5.85. The highest BCUT2D eigenvalue weighted by atomic mass is 16.5. The molecule has 3 rings (SSSR count). The lowest BCUT2D eigenvalue weighted by Crippen LogP contribution is -2.45. The van der Waals surface area contributed by atoms with Gasteiger partial charge in [0.05, 0.1) is 11.7 Å². The van der Waals surface area contributed by atoms with Crippen molar-refractivity contribution in [1.29, 1.82) is 0 Å². The molecule has 0 unspecified atom stereocenters. The van der Waals surface area contributed by atoms with Crippen LogP contribution in [0.5, 0.6) is 0 Å². The summed E-state index contributed by atoms with van der Waals surface area (Å²) in [7, 11) is 0. The largest absolute Gasteiger partial charge is 0.478 e. The van der Waals surface area contributed by atoms with Gasteiger partial charge in [-0.1, -0.05) is 0 Å². The molecule has 0 radical (unpaired) electrons. The molecule has 0 spiro atoms. The number of aromatic carboxylic acids is 1. The third-order valence-corrected chi connectivity index (χ3v) is 4.49. The first-order valence-electron chi connectivity index (χ1n) is 7.41. The first-order chi connectivity index (χ1) is 10.1. The van der Waals surface area contributed by atoms with Crippen molar-refractivity contribution >= 4 is 11.9 Å². The molecule has 112 valence electrons. The van der Waals surface area contributed by atoms with Gasteiger partial charge in [-0.3, -0.25) is 4.79 Å². The fraction of sp³-hybridized carbons (Fsp3) is 0.500. The molecule has 2 N–H and O–H groups in total. The number of hydrogen-bond donors (Lipinski definition) is 2. The highest BCUT2D eigenvalue weighted by Crippen LogP contribution is 2.34. The summed E-state index contributed by atoms with van der Waals surface area (Å²) in [6.07, 6.45) is 4.45. The van der Waals surface area contributed by atoms with Crippen LogP contribution in [0, 0.1) is 5.92 Å². The van der Waals surface area contributed by atoms with E-state index in [-0.39, 0.29) is 17.5 Å². The van der Waals surface area contributed by atoms with Crippen molar-refractivity contribution in [2.75, 3.05) is 6.61 Å². The lowest BCUT2D eigenvalue weighted by Gasteiger charge is -2.33.